The molecule has 2 aromatic rings. The fraction of sp³-hybridized carbons (Fsp3) is 0.267. The molecule has 1 atom stereocenters. The van der Waals surface area contributed by atoms with Crippen molar-refractivity contribution < 1.29 is 26.7 Å². The van der Waals surface area contributed by atoms with Crippen LogP contribution in [0.1, 0.15) is 13.3 Å². The Morgan fingerprint density at radius 3 is 2.42 bits per heavy atom. The van der Waals surface area contributed by atoms with Gasteiger partial charge in [0.25, 0.3) is 15.7 Å². The molecule has 1 heterocycles. The largest absolute Gasteiger partial charge is 0.439 e. The highest BCUT2D eigenvalue weighted by Gasteiger charge is 2.64. The highest BCUT2D eigenvalue weighted by Crippen LogP contribution is 2.43. The van der Waals surface area contributed by atoms with E-state index in [0.29, 0.717) is 5.39 Å². The molecular formula is C15H13F3N2O3S. The van der Waals surface area contributed by atoms with E-state index < -0.39 is 28.3 Å². The zero-order valence-electron chi connectivity index (χ0n) is 12.4. The van der Waals surface area contributed by atoms with E-state index in [0.717, 1.165) is 5.39 Å². The summed E-state index contributed by atoms with van der Waals surface area (Å²) in [5.41, 5.74) is -3.71. The van der Waals surface area contributed by atoms with Crippen LogP contribution >= 0.6 is 0 Å². The van der Waals surface area contributed by atoms with Crippen LogP contribution < -0.4 is 0 Å². The van der Waals surface area contributed by atoms with Gasteiger partial charge in [0, 0.05) is 12.1 Å². The summed E-state index contributed by atoms with van der Waals surface area (Å²) >= 11 is 0. The first kappa shape index (κ1) is 16.7. The zero-order chi connectivity index (χ0) is 17.8. The van der Waals surface area contributed by atoms with Crippen LogP contribution in [0.5, 0.6) is 0 Å². The lowest BCUT2D eigenvalue weighted by Crippen LogP contribution is -2.56. The van der Waals surface area contributed by atoms with Gasteiger partial charge in [0.2, 0.25) is 0 Å². The molecule has 1 N–H and O–H groups in total. The van der Waals surface area contributed by atoms with Gasteiger partial charge >= 0.3 is 6.18 Å². The lowest BCUT2D eigenvalue weighted by atomic mass is 10.1. The SMILES string of the molecule is CC1=NN(S(=O)(=O)c2ccc3ccccc3c2)[C@](O)(C(F)(F)F)C1. The Labute approximate surface area is 136 Å². The van der Waals surface area contributed by atoms with Crippen molar-refractivity contribution >= 4 is 26.5 Å². The van der Waals surface area contributed by atoms with Crippen LogP contribution in [0.4, 0.5) is 13.2 Å². The molecule has 3 rings (SSSR count). The number of sulfonamides is 1. The molecule has 5 nitrogen and oxygen atoms in total. The molecule has 0 radical (unpaired) electrons. The number of fused-ring (bicyclic) bond motifs is 1. The maximum atomic E-state index is 13.2. The van der Waals surface area contributed by atoms with E-state index in [9.17, 15) is 26.7 Å². The number of aliphatic hydroxyl groups is 1. The fourth-order valence-electron chi connectivity index (χ4n) is 2.59. The Morgan fingerprint density at radius 2 is 1.79 bits per heavy atom. The van der Waals surface area contributed by atoms with Crippen molar-refractivity contribution in [1.29, 1.82) is 0 Å². The Kier molecular flexibility index (Phi) is 3.61. The van der Waals surface area contributed by atoms with Gasteiger partial charge in [-0.1, -0.05) is 30.3 Å². The first-order valence-corrected chi connectivity index (χ1v) is 8.37. The molecule has 0 saturated carbocycles. The highest BCUT2D eigenvalue weighted by molar-refractivity contribution is 7.89. The van der Waals surface area contributed by atoms with Crippen LogP contribution in [0.2, 0.25) is 0 Å². The third-order valence-electron chi connectivity index (χ3n) is 3.78. The number of nitrogens with zero attached hydrogens (tertiary/aromatic N) is 2. The lowest BCUT2D eigenvalue weighted by Gasteiger charge is -2.33. The monoisotopic (exact) mass is 358 g/mol. The predicted octanol–water partition coefficient (Wildman–Crippen LogP) is 2.86. The summed E-state index contributed by atoms with van der Waals surface area (Å²) in [6.07, 6.45) is -6.11. The van der Waals surface area contributed by atoms with Crippen molar-refractivity contribution in [2.24, 2.45) is 5.10 Å². The first-order valence-electron chi connectivity index (χ1n) is 6.93. The van der Waals surface area contributed by atoms with Crippen molar-refractivity contribution in [2.75, 3.05) is 0 Å². The molecule has 9 heteroatoms. The van der Waals surface area contributed by atoms with Crippen LogP contribution in [0, 0.1) is 0 Å². The van der Waals surface area contributed by atoms with Crippen LogP contribution in [-0.2, 0) is 10.0 Å². The minimum Gasteiger partial charge on any atom is -0.361 e. The molecular weight excluding hydrogens is 345 g/mol. The van der Waals surface area contributed by atoms with Gasteiger partial charge in [-0.3, -0.25) is 0 Å². The second kappa shape index (κ2) is 5.18. The minimum atomic E-state index is -5.18. The summed E-state index contributed by atoms with van der Waals surface area (Å²) in [6.45, 7) is 1.23. The summed E-state index contributed by atoms with van der Waals surface area (Å²) < 4.78 is 64.8. The molecule has 1 aliphatic rings. The Bertz CT molecular complexity index is 940. The Morgan fingerprint density at radius 1 is 1.17 bits per heavy atom. The Balaban J connectivity index is 2.14. The van der Waals surface area contributed by atoms with Gasteiger partial charge in [-0.2, -0.15) is 26.7 Å². The molecule has 0 aromatic heterocycles. The normalized spacial score (nSPS) is 22.0. The molecule has 1 aliphatic heterocycles. The zero-order valence-corrected chi connectivity index (χ0v) is 13.3. The van der Waals surface area contributed by atoms with E-state index in [2.05, 4.69) is 5.10 Å². The molecule has 24 heavy (non-hydrogen) atoms. The molecule has 0 bridgehead atoms. The number of hydrazone groups is 1. The molecule has 0 amide bonds. The number of alkyl halides is 3. The van der Waals surface area contributed by atoms with Gasteiger partial charge in [-0.25, -0.2) is 0 Å². The third kappa shape index (κ3) is 2.44. The van der Waals surface area contributed by atoms with E-state index in [1.165, 1.54) is 25.1 Å². The predicted molar refractivity (Wildman–Crippen MR) is 81.7 cm³/mol. The summed E-state index contributed by atoms with van der Waals surface area (Å²) in [4.78, 5) is -0.373. The topological polar surface area (TPSA) is 70.0 Å². The number of benzene rings is 2. The van der Waals surface area contributed by atoms with Crippen molar-refractivity contribution in [3.8, 4) is 0 Å². The molecule has 0 saturated heterocycles. The molecule has 0 fully saturated rings. The average molecular weight is 358 g/mol. The van der Waals surface area contributed by atoms with E-state index in [-0.39, 0.29) is 15.0 Å². The quantitative estimate of drug-likeness (QED) is 0.897. The summed E-state index contributed by atoms with van der Waals surface area (Å²) in [7, 11) is -4.68. The van der Waals surface area contributed by atoms with Crippen molar-refractivity contribution in [3.05, 3.63) is 42.5 Å². The molecule has 0 aliphatic carbocycles. The minimum absolute atomic E-state index is 0.126. The van der Waals surface area contributed by atoms with Crippen LogP contribution in [0.25, 0.3) is 10.8 Å². The first-order chi connectivity index (χ1) is 11.1. The van der Waals surface area contributed by atoms with Gasteiger partial charge < -0.3 is 5.11 Å². The van der Waals surface area contributed by atoms with Crippen molar-refractivity contribution in [3.63, 3.8) is 0 Å². The molecule has 2 aromatic carbocycles. The van der Waals surface area contributed by atoms with E-state index in [1.54, 1.807) is 24.3 Å². The lowest BCUT2D eigenvalue weighted by molar-refractivity contribution is -0.291. The smallest absolute Gasteiger partial charge is 0.361 e. The van der Waals surface area contributed by atoms with E-state index in [4.69, 9.17) is 0 Å². The maximum Gasteiger partial charge on any atom is 0.439 e. The van der Waals surface area contributed by atoms with Gasteiger partial charge in [-0.15, -0.1) is 4.41 Å². The van der Waals surface area contributed by atoms with Gasteiger partial charge in [0.05, 0.1) is 4.90 Å². The number of rotatable bonds is 2. The summed E-state index contributed by atoms with van der Waals surface area (Å²) in [5, 5.41) is 14.7. The second-order valence-corrected chi connectivity index (χ2v) is 7.35. The highest BCUT2D eigenvalue weighted by atomic mass is 32.2. The summed E-state index contributed by atoms with van der Waals surface area (Å²) in [5.74, 6) is 0. The fourth-order valence-corrected chi connectivity index (χ4v) is 4.11. The van der Waals surface area contributed by atoms with Crippen LogP contribution in [0.15, 0.2) is 52.5 Å². The molecule has 128 valence electrons. The van der Waals surface area contributed by atoms with Gasteiger partial charge in [-0.05, 0) is 29.8 Å². The average Bonchev–Trinajstić information content (AvgIpc) is 2.83. The van der Waals surface area contributed by atoms with Crippen molar-refractivity contribution in [1.82, 2.24) is 4.41 Å². The summed E-state index contributed by atoms with van der Waals surface area (Å²) in [6, 6.07) is 10.8. The van der Waals surface area contributed by atoms with Crippen molar-refractivity contribution in [2.45, 2.75) is 30.1 Å². The van der Waals surface area contributed by atoms with E-state index >= 15 is 0 Å². The number of hydrogen-bond acceptors (Lipinski definition) is 4. The number of hydrogen-bond donors (Lipinski definition) is 1. The van der Waals surface area contributed by atoms with Crippen LogP contribution in [0.3, 0.4) is 0 Å². The van der Waals surface area contributed by atoms with E-state index in [1.807, 2.05) is 0 Å². The standard InChI is InChI=1S/C15H13F3N2O3S/c1-10-9-14(21,15(16,17)18)20(19-10)24(22,23)13-7-6-11-4-2-3-5-12(11)8-13/h2-8,21H,9H2,1H3/t14-/m1/s1. The van der Waals surface area contributed by atoms with Gasteiger partial charge in [0.15, 0.2) is 0 Å². The third-order valence-corrected chi connectivity index (χ3v) is 5.47. The maximum absolute atomic E-state index is 13.2. The number of halogens is 3. The molecule has 0 unspecified atom stereocenters. The van der Waals surface area contributed by atoms with Gasteiger partial charge in [0.1, 0.15) is 0 Å². The second-order valence-electron chi connectivity index (χ2n) is 5.58. The Hall–Kier alpha value is -2.13. The van der Waals surface area contributed by atoms with Crippen LogP contribution in [-0.4, -0.2) is 35.6 Å². The molecule has 0 spiro atoms.